The predicted octanol–water partition coefficient (Wildman–Crippen LogP) is 13.2. The number of hydrogen-bond acceptors (Lipinski definition) is 6. The van der Waals surface area contributed by atoms with Crippen molar-refractivity contribution in [3.8, 4) is 45.3 Å². The van der Waals surface area contributed by atoms with Crippen molar-refractivity contribution in [3.63, 3.8) is 0 Å². The van der Waals surface area contributed by atoms with Gasteiger partial charge in [0.05, 0.1) is 0 Å². The van der Waals surface area contributed by atoms with Crippen LogP contribution in [-0.2, 0) is 0 Å². The van der Waals surface area contributed by atoms with E-state index in [1.54, 1.807) is 11.3 Å². The van der Waals surface area contributed by atoms with Crippen LogP contribution in [0.4, 0.5) is 0 Å². The van der Waals surface area contributed by atoms with Gasteiger partial charge in [-0.1, -0.05) is 115 Å². The van der Waals surface area contributed by atoms with E-state index in [2.05, 4.69) is 121 Å². The molecule has 0 radical (unpaired) electrons. The van der Waals surface area contributed by atoms with Crippen molar-refractivity contribution >= 4 is 85.0 Å². The molecule has 6 heteroatoms. The Balaban J connectivity index is 1.12. The van der Waals surface area contributed by atoms with Crippen molar-refractivity contribution < 1.29 is 4.42 Å². The van der Waals surface area contributed by atoms with Gasteiger partial charge in [0.25, 0.3) is 0 Å². The molecule has 0 saturated carbocycles. The van der Waals surface area contributed by atoms with Gasteiger partial charge in [0.15, 0.2) is 17.5 Å². The Hall–Kier alpha value is -6.21. The molecule has 0 N–H and O–H groups in total. The fourth-order valence-electron chi connectivity index (χ4n) is 7.41. The number of fused-ring (bicyclic) bond motifs is 9. The predicted molar refractivity (Wildman–Crippen MR) is 215 cm³/mol. The second-order valence-electron chi connectivity index (χ2n) is 12.7. The average molecular weight is 688 g/mol. The third-order valence-corrected chi connectivity index (χ3v) is 12.2. The van der Waals surface area contributed by atoms with E-state index in [4.69, 9.17) is 19.4 Å². The van der Waals surface area contributed by atoms with Gasteiger partial charge in [-0.05, 0) is 47.5 Å². The minimum absolute atomic E-state index is 0.615. The maximum atomic E-state index is 6.60. The number of aromatic nitrogens is 3. The number of benzene rings is 7. The van der Waals surface area contributed by atoms with Crippen LogP contribution in [0.3, 0.4) is 0 Å². The fraction of sp³-hybridized carbons (Fsp3) is 0. The summed E-state index contributed by atoms with van der Waals surface area (Å²) in [5, 5.41) is 7.06. The molecular formula is C45H25N3OS2. The van der Waals surface area contributed by atoms with Crippen LogP contribution >= 0.6 is 22.7 Å². The zero-order chi connectivity index (χ0) is 33.5. The van der Waals surface area contributed by atoms with Crippen molar-refractivity contribution in [2.24, 2.45) is 0 Å². The van der Waals surface area contributed by atoms with Crippen LogP contribution < -0.4 is 0 Å². The van der Waals surface area contributed by atoms with Crippen LogP contribution in [0.15, 0.2) is 156 Å². The van der Waals surface area contributed by atoms with Crippen molar-refractivity contribution in [3.05, 3.63) is 152 Å². The zero-order valence-electron chi connectivity index (χ0n) is 27.0. The first kappa shape index (κ1) is 28.6. The highest BCUT2D eigenvalue weighted by atomic mass is 32.1. The summed E-state index contributed by atoms with van der Waals surface area (Å²) >= 11 is 3.62. The minimum atomic E-state index is 0.615. The Morgan fingerprint density at radius 1 is 0.373 bits per heavy atom. The van der Waals surface area contributed by atoms with Crippen LogP contribution in [0.5, 0.6) is 0 Å². The van der Waals surface area contributed by atoms with Gasteiger partial charge in [0.2, 0.25) is 0 Å². The molecule has 0 spiro atoms. The maximum absolute atomic E-state index is 6.60. The van der Waals surface area contributed by atoms with Gasteiger partial charge >= 0.3 is 0 Å². The molecule has 4 heterocycles. The van der Waals surface area contributed by atoms with E-state index in [0.717, 1.165) is 44.2 Å². The lowest BCUT2D eigenvalue weighted by atomic mass is 10.00. The van der Waals surface area contributed by atoms with E-state index in [1.165, 1.54) is 45.9 Å². The molecule has 0 unspecified atom stereocenters. The molecular weight excluding hydrogens is 663 g/mol. The molecule has 0 atom stereocenters. The van der Waals surface area contributed by atoms with E-state index in [1.807, 2.05) is 41.7 Å². The number of nitrogens with zero attached hydrogens (tertiary/aromatic N) is 3. The highest BCUT2D eigenvalue weighted by molar-refractivity contribution is 7.26. The first-order valence-electron chi connectivity index (χ1n) is 16.9. The lowest BCUT2D eigenvalue weighted by molar-refractivity contribution is 0.669. The van der Waals surface area contributed by atoms with Crippen LogP contribution in [-0.4, -0.2) is 15.0 Å². The molecule has 0 aliphatic rings. The van der Waals surface area contributed by atoms with Crippen LogP contribution in [0, 0.1) is 0 Å². The summed E-state index contributed by atoms with van der Waals surface area (Å²) in [6.07, 6.45) is 0. The standard InChI is InChI=1S/C45H25N3OS2/c1-2-11-26(12-3-1)43-46-44(48-45(47-43)35-19-9-17-32-30-14-5-7-22-39(30)51-42(32)35)34-18-10-20-36-40(34)33-24-23-27(25-37(33)49-36)28-15-8-16-31-29-13-4-6-21-38(29)50-41(28)31/h1-25H. The average Bonchev–Trinajstić information content (AvgIpc) is 3.89. The van der Waals surface area contributed by atoms with Crippen LogP contribution in [0.2, 0.25) is 0 Å². The Labute approximate surface area is 299 Å². The Kier molecular flexibility index (Phi) is 6.26. The molecule has 238 valence electrons. The molecule has 0 fully saturated rings. The van der Waals surface area contributed by atoms with E-state index >= 15 is 0 Å². The molecule has 0 aliphatic carbocycles. The Morgan fingerprint density at radius 3 is 1.69 bits per heavy atom. The molecule has 51 heavy (non-hydrogen) atoms. The highest BCUT2D eigenvalue weighted by Crippen LogP contribution is 2.43. The topological polar surface area (TPSA) is 51.8 Å². The van der Waals surface area contributed by atoms with Gasteiger partial charge in [-0.25, -0.2) is 15.0 Å². The number of hydrogen-bond donors (Lipinski definition) is 0. The molecule has 4 nitrogen and oxygen atoms in total. The van der Waals surface area contributed by atoms with E-state index < -0.39 is 0 Å². The van der Waals surface area contributed by atoms with Crippen molar-refractivity contribution in [1.29, 1.82) is 0 Å². The van der Waals surface area contributed by atoms with Gasteiger partial charge in [-0.2, -0.15) is 0 Å². The smallest absolute Gasteiger partial charge is 0.165 e. The first-order valence-corrected chi connectivity index (χ1v) is 18.5. The molecule has 0 amide bonds. The zero-order valence-corrected chi connectivity index (χ0v) is 28.6. The lowest BCUT2D eigenvalue weighted by Gasteiger charge is -2.10. The normalized spacial score (nSPS) is 11.9. The van der Waals surface area contributed by atoms with Gasteiger partial charge < -0.3 is 4.42 Å². The van der Waals surface area contributed by atoms with Crippen LogP contribution in [0.25, 0.3) is 108 Å². The number of thiophene rings is 2. The third-order valence-electron chi connectivity index (χ3n) is 9.77. The molecule has 0 aliphatic heterocycles. The molecule has 11 rings (SSSR count). The summed E-state index contributed by atoms with van der Waals surface area (Å²) in [5.41, 5.74) is 6.82. The summed E-state index contributed by atoms with van der Waals surface area (Å²) in [4.78, 5) is 15.4. The van der Waals surface area contributed by atoms with E-state index in [0.29, 0.717) is 17.5 Å². The van der Waals surface area contributed by atoms with E-state index in [9.17, 15) is 0 Å². The lowest BCUT2D eigenvalue weighted by Crippen LogP contribution is -2.00. The molecule has 7 aromatic carbocycles. The minimum Gasteiger partial charge on any atom is -0.456 e. The molecule has 0 saturated heterocycles. The highest BCUT2D eigenvalue weighted by Gasteiger charge is 2.20. The second kappa shape index (κ2) is 11.2. The van der Waals surface area contributed by atoms with Crippen LogP contribution in [0.1, 0.15) is 0 Å². The summed E-state index contributed by atoms with van der Waals surface area (Å²) in [6, 6.07) is 53.1. The summed E-state index contributed by atoms with van der Waals surface area (Å²) in [5.74, 6) is 1.90. The Bertz CT molecular complexity index is 3160. The molecule has 11 aromatic rings. The van der Waals surface area contributed by atoms with Crippen molar-refractivity contribution in [1.82, 2.24) is 15.0 Å². The van der Waals surface area contributed by atoms with Gasteiger partial charge in [0, 0.05) is 67.8 Å². The third kappa shape index (κ3) is 4.47. The molecule has 4 aromatic heterocycles. The Morgan fingerprint density at radius 2 is 0.941 bits per heavy atom. The summed E-state index contributed by atoms with van der Waals surface area (Å²) in [7, 11) is 0. The SMILES string of the molecule is c1ccc(-c2nc(-c3cccc4c3sc3ccccc34)nc(-c3cccc4oc5cc(-c6cccc7c6sc6ccccc67)ccc5c34)n2)cc1. The monoisotopic (exact) mass is 687 g/mol. The fourth-order valence-corrected chi connectivity index (χ4v) is 9.86. The summed E-state index contributed by atoms with van der Waals surface area (Å²) in [6.45, 7) is 0. The molecule has 0 bridgehead atoms. The first-order chi connectivity index (χ1) is 25.3. The van der Waals surface area contributed by atoms with Crippen molar-refractivity contribution in [2.45, 2.75) is 0 Å². The maximum Gasteiger partial charge on any atom is 0.165 e. The van der Waals surface area contributed by atoms with Gasteiger partial charge in [-0.15, -0.1) is 22.7 Å². The second-order valence-corrected chi connectivity index (χ2v) is 14.8. The largest absolute Gasteiger partial charge is 0.456 e. The quantitative estimate of drug-likeness (QED) is 0.185. The number of furan rings is 1. The van der Waals surface area contributed by atoms with Gasteiger partial charge in [-0.3, -0.25) is 0 Å². The van der Waals surface area contributed by atoms with Gasteiger partial charge in [0.1, 0.15) is 11.2 Å². The van der Waals surface area contributed by atoms with E-state index in [-0.39, 0.29) is 0 Å². The summed E-state index contributed by atoms with van der Waals surface area (Å²) < 4.78 is 11.6. The van der Waals surface area contributed by atoms with Crippen molar-refractivity contribution in [2.75, 3.05) is 0 Å². The number of rotatable bonds is 4.